The van der Waals surface area contributed by atoms with Crippen LogP contribution in [0.4, 0.5) is 8.78 Å². The predicted octanol–water partition coefficient (Wildman–Crippen LogP) is 0.509. The van der Waals surface area contributed by atoms with Crippen LogP contribution in [0.5, 0.6) is 0 Å². The van der Waals surface area contributed by atoms with Gasteiger partial charge in [0.05, 0.1) is 13.2 Å². The van der Waals surface area contributed by atoms with E-state index in [2.05, 4.69) is 8.92 Å². The Kier molecular flexibility index (Phi) is 4.40. The molecule has 0 aromatic carbocycles. The number of ether oxygens (including phenoxy) is 1. The van der Waals surface area contributed by atoms with Crippen LogP contribution in [0.15, 0.2) is 0 Å². The van der Waals surface area contributed by atoms with Gasteiger partial charge in [0, 0.05) is 0 Å². The van der Waals surface area contributed by atoms with Gasteiger partial charge in [0.25, 0.3) is 0 Å². The molecule has 0 saturated carbocycles. The van der Waals surface area contributed by atoms with E-state index in [1.54, 1.807) is 0 Å². The van der Waals surface area contributed by atoms with Gasteiger partial charge in [0.1, 0.15) is 0 Å². The summed E-state index contributed by atoms with van der Waals surface area (Å²) < 4.78 is 54.6. The standard InChI is InChI=1S/C6H10F2O5S/c1-3-12-5(9)6(7,8)14(10,11)13-4-2/h3-4H2,1-2H3. The van der Waals surface area contributed by atoms with Crippen LogP contribution in [0, 0.1) is 0 Å². The Bertz CT molecular complexity index is 297. The normalized spacial score (nSPS) is 12.6. The van der Waals surface area contributed by atoms with Crippen molar-refractivity contribution in [2.45, 2.75) is 19.1 Å². The van der Waals surface area contributed by atoms with Crippen LogP contribution in [-0.4, -0.2) is 32.9 Å². The van der Waals surface area contributed by atoms with Crippen molar-refractivity contribution in [2.75, 3.05) is 13.2 Å². The Morgan fingerprint density at radius 3 is 2.14 bits per heavy atom. The lowest BCUT2D eigenvalue weighted by atomic mass is 10.7. The number of esters is 1. The fourth-order valence-electron chi connectivity index (χ4n) is 0.546. The fourth-order valence-corrected chi connectivity index (χ4v) is 1.27. The number of rotatable bonds is 5. The third-order valence-corrected chi connectivity index (χ3v) is 2.44. The molecular formula is C6H10F2O5S. The van der Waals surface area contributed by atoms with Crippen LogP contribution in [0.2, 0.25) is 0 Å². The highest BCUT2D eigenvalue weighted by atomic mass is 32.2. The summed E-state index contributed by atoms with van der Waals surface area (Å²) in [4.78, 5) is 10.6. The van der Waals surface area contributed by atoms with Crippen molar-refractivity contribution in [3.8, 4) is 0 Å². The lowest BCUT2D eigenvalue weighted by Crippen LogP contribution is -2.40. The number of carbonyl (C=O) groups excluding carboxylic acids is 1. The van der Waals surface area contributed by atoms with Crippen LogP contribution in [0.3, 0.4) is 0 Å². The highest BCUT2D eigenvalue weighted by molar-refractivity contribution is 7.88. The molecule has 0 amide bonds. The highest BCUT2D eigenvalue weighted by Crippen LogP contribution is 2.24. The molecule has 0 spiro atoms. The first-order valence-electron chi connectivity index (χ1n) is 3.73. The SMILES string of the molecule is CCOC(=O)C(F)(F)S(=O)(=O)OCC. The summed E-state index contributed by atoms with van der Waals surface area (Å²) in [6.45, 7) is 1.67. The Morgan fingerprint density at radius 2 is 1.79 bits per heavy atom. The van der Waals surface area contributed by atoms with Gasteiger partial charge in [-0.15, -0.1) is 0 Å². The van der Waals surface area contributed by atoms with E-state index in [1.807, 2.05) is 0 Å². The zero-order valence-corrected chi connectivity index (χ0v) is 8.44. The molecule has 0 unspecified atom stereocenters. The largest absolute Gasteiger partial charge is 0.466 e. The van der Waals surface area contributed by atoms with Gasteiger partial charge in [0.2, 0.25) is 0 Å². The summed E-state index contributed by atoms with van der Waals surface area (Å²) in [5, 5.41) is -4.65. The summed E-state index contributed by atoms with van der Waals surface area (Å²) in [6.07, 6.45) is 0. The van der Waals surface area contributed by atoms with Crippen LogP contribution >= 0.6 is 0 Å². The molecule has 0 rings (SSSR count). The monoisotopic (exact) mass is 232 g/mol. The van der Waals surface area contributed by atoms with Gasteiger partial charge in [-0.05, 0) is 13.8 Å². The maximum absolute atomic E-state index is 12.8. The van der Waals surface area contributed by atoms with Crippen LogP contribution in [-0.2, 0) is 23.8 Å². The maximum Gasteiger partial charge on any atom is 0.466 e. The number of halogens is 2. The molecule has 0 aromatic rings. The molecule has 0 aliphatic rings. The van der Waals surface area contributed by atoms with Crippen molar-refractivity contribution >= 4 is 16.1 Å². The van der Waals surface area contributed by atoms with E-state index in [1.165, 1.54) is 13.8 Å². The van der Waals surface area contributed by atoms with Crippen LogP contribution in [0.25, 0.3) is 0 Å². The molecule has 0 N–H and O–H groups in total. The van der Waals surface area contributed by atoms with Gasteiger partial charge in [-0.1, -0.05) is 0 Å². The minimum atomic E-state index is -5.24. The molecule has 0 fully saturated rings. The first-order valence-corrected chi connectivity index (χ1v) is 5.14. The quantitative estimate of drug-likeness (QED) is 0.510. The zero-order valence-electron chi connectivity index (χ0n) is 7.62. The van der Waals surface area contributed by atoms with E-state index in [-0.39, 0.29) is 6.61 Å². The van der Waals surface area contributed by atoms with E-state index in [0.29, 0.717) is 0 Å². The summed E-state index contributed by atoms with van der Waals surface area (Å²) in [5.41, 5.74) is 0. The molecule has 8 heteroatoms. The second-order valence-corrected chi connectivity index (χ2v) is 3.75. The zero-order chi connectivity index (χ0) is 11.4. The summed E-state index contributed by atoms with van der Waals surface area (Å²) in [7, 11) is -5.24. The van der Waals surface area contributed by atoms with Gasteiger partial charge in [-0.2, -0.15) is 17.2 Å². The van der Waals surface area contributed by atoms with Gasteiger partial charge in [-0.25, -0.2) is 4.79 Å². The molecule has 84 valence electrons. The van der Waals surface area contributed by atoms with E-state index in [9.17, 15) is 22.0 Å². The van der Waals surface area contributed by atoms with E-state index >= 15 is 0 Å². The molecule has 0 radical (unpaired) electrons. The van der Waals surface area contributed by atoms with Crippen molar-refractivity contribution < 1.29 is 30.9 Å². The smallest absolute Gasteiger partial charge is 0.461 e. The molecule has 0 aromatic heterocycles. The lowest BCUT2D eigenvalue weighted by molar-refractivity contribution is -0.161. The average Bonchev–Trinajstić information content (AvgIpc) is 2.04. The molecule has 5 nitrogen and oxygen atoms in total. The number of alkyl halides is 2. The van der Waals surface area contributed by atoms with E-state index < -0.39 is 27.9 Å². The summed E-state index contributed by atoms with van der Waals surface area (Å²) in [6, 6.07) is 0. The molecule has 0 aliphatic heterocycles. The lowest BCUT2D eigenvalue weighted by Gasteiger charge is -2.13. The van der Waals surface area contributed by atoms with Gasteiger partial charge >= 0.3 is 21.3 Å². The van der Waals surface area contributed by atoms with Gasteiger partial charge < -0.3 is 4.74 Å². The van der Waals surface area contributed by atoms with E-state index in [0.717, 1.165) is 0 Å². The van der Waals surface area contributed by atoms with Crippen LogP contribution < -0.4 is 0 Å². The minimum absolute atomic E-state index is 0.337. The maximum atomic E-state index is 12.8. The van der Waals surface area contributed by atoms with Gasteiger partial charge in [0.15, 0.2) is 0 Å². The van der Waals surface area contributed by atoms with E-state index in [4.69, 9.17) is 0 Å². The topological polar surface area (TPSA) is 69.7 Å². The molecular weight excluding hydrogens is 222 g/mol. The third kappa shape index (κ3) is 2.61. The second-order valence-electron chi connectivity index (χ2n) is 2.10. The van der Waals surface area contributed by atoms with Crippen molar-refractivity contribution in [3.63, 3.8) is 0 Å². The number of hydrogen-bond donors (Lipinski definition) is 0. The summed E-state index contributed by atoms with van der Waals surface area (Å²) in [5.74, 6) is -2.13. The predicted molar refractivity (Wildman–Crippen MR) is 42.1 cm³/mol. The first kappa shape index (κ1) is 13.2. The van der Waals surface area contributed by atoms with Gasteiger partial charge in [-0.3, -0.25) is 4.18 Å². The Morgan fingerprint density at radius 1 is 1.29 bits per heavy atom. The Balaban J connectivity index is 4.85. The molecule has 0 heterocycles. The summed E-state index contributed by atoms with van der Waals surface area (Å²) >= 11 is 0. The van der Waals surface area contributed by atoms with Crippen molar-refractivity contribution in [1.29, 1.82) is 0 Å². The highest BCUT2D eigenvalue weighted by Gasteiger charge is 2.55. The Labute approximate surface area is 80.1 Å². The fraction of sp³-hybridized carbons (Fsp3) is 0.833. The third-order valence-electron chi connectivity index (χ3n) is 1.10. The number of carbonyl (C=O) groups is 1. The average molecular weight is 232 g/mol. The molecule has 0 aliphatic carbocycles. The molecule has 0 saturated heterocycles. The number of hydrogen-bond acceptors (Lipinski definition) is 5. The second kappa shape index (κ2) is 4.65. The van der Waals surface area contributed by atoms with Crippen molar-refractivity contribution in [2.24, 2.45) is 0 Å². The molecule has 14 heavy (non-hydrogen) atoms. The minimum Gasteiger partial charge on any atom is -0.461 e. The Hall–Kier alpha value is -0.760. The first-order chi connectivity index (χ1) is 6.29. The van der Waals surface area contributed by atoms with Crippen LogP contribution in [0.1, 0.15) is 13.8 Å². The van der Waals surface area contributed by atoms with Crippen molar-refractivity contribution in [3.05, 3.63) is 0 Å². The molecule has 0 bridgehead atoms. The van der Waals surface area contributed by atoms with Crippen molar-refractivity contribution in [1.82, 2.24) is 0 Å². The molecule has 0 atom stereocenters.